The maximum atomic E-state index is 10.7. The van der Waals surface area contributed by atoms with Crippen molar-refractivity contribution in [2.45, 2.75) is 43.8 Å². The van der Waals surface area contributed by atoms with Gasteiger partial charge in [-0.15, -0.1) is 0 Å². The van der Waals surface area contributed by atoms with Crippen LogP contribution in [-0.4, -0.2) is 72.3 Å². The van der Waals surface area contributed by atoms with Crippen LogP contribution in [0, 0.1) is 0 Å². The molecule has 136 valence electrons. The Morgan fingerprint density at radius 3 is 2.72 bits per heavy atom. The molecule has 0 spiro atoms. The van der Waals surface area contributed by atoms with Crippen molar-refractivity contribution in [3.05, 3.63) is 6.33 Å². The Labute approximate surface area is 143 Å². The van der Waals surface area contributed by atoms with Crippen LogP contribution in [0.3, 0.4) is 0 Å². The number of nitrogens with zero attached hydrogens (tertiary/aromatic N) is 5. The predicted molar refractivity (Wildman–Crippen MR) is 88.8 cm³/mol. The van der Waals surface area contributed by atoms with E-state index in [1.807, 2.05) is 0 Å². The second-order valence-electron chi connectivity index (χ2n) is 6.80. The zero-order valence-corrected chi connectivity index (χ0v) is 13.9. The summed E-state index contributed by atoms with van der Waals surface area (Å²) < 4.78 is 7.19. The second-order valence-corrected chi connectivity index (χ2v) is 6.80. The van der Waals surface area contributed by atoms with E-state index < -0.39 is 30.6 Å². The molecule has 10 heteroatoms. The smallest absolute Gasteiger partial charge is 0.224 e. The second kappa shape index (κ2) is 5.77. The maximum absolute atomic E-state index is 10.7. The number of fused-ring (bicyclic) bond motifs is 1. The van der Waals surface area contributed by atoms with Gasteiger partial charge in [0.2, 0.25) is 5.95 Å². The molecule has 2 aliphatic heterocycles. The molecule has 4 heterocycles. The molecule has 10 nitrogen and oxygen atoms in total. The molecule has 25 heavy (non-hydrogen) atoms. The number of anilines is 2. The lowest BCUT2D eigenvalue weighted by Crippen LogP contribution is -2.44. The van der Waals surface area contributed by atoms with Crippen molar-refractivity contribution in [1.82, 2.24) is 19.5 Å². The van der Waals surface area contributed by atoms with Crippen molar-refractivity contribution in [3.8, 4) is 0 Å². The Morgan fingerprint density at radius 2 is 2.08 bits per heavy atom. The Morgan fingerprint density at radius 1 is 1.36 bits per heavy atom. The first-order chi connectivity index (χ1) is 11.9. The molecule has 0 saturated carbocycles. The number of rotatable bonds is 3. The first-order valence-electron chi connectivity index (χ1n) is 8.35. The monoisotopic (exact) mass is 350 g/mol. The number of nitrogens with two attached hydrogens (primary N) is 1. The molecule has 2 aromatic heterocycles. The molecule has 0 bridgehead atoms. The number of imidazole rings is 1. The molecular formula is C15H22N6O4. The lowest BCUT2D eigenvalue weighted by molar-refractivity contribution is -0.0950. The Balaban J connectivity index is 1.81. The lowest BCUT2D eigenvalue weighted by atomic mass is 9.96. The van der Waals surface area contributed by atoms with Crippen LogP contribution in [0.1, 0.15) is 26.0 Å². The zero-order valence-electron chi connectivity index (χ0n) is 13.9. The maximum Gasteiger partial charge on any atom is 0.224 e. The summed E-state index contributed by atoms with van der Waals surface area (Å²) >= 11 is 0. The molecule has 0 aromatic carbocycles. The molecule has 2 aliphatic rings. The van der Waals surface area contributed by atoms with Crippen molar-refractivity contribution >= 4 is 22.9 Å². The van der Waals surface area contributed by atoms with Crippen molar-refractivity contribution in [1.29, 1.82) is 0 Å². The van der Waals surface area contributed by atoms with E-state index in [2.05, 4.69) is 19.9 Å². The molecule has 4 atom stereocenters. The summed E-state index contributed by atoms with van der Waals surface area (Å²) in [7, 11) is 0. The van der Waals surface area contributed by atoms with Gasteiger partial charge in [0.15, 0.2) is 23.2 Å². The molecule has 2 saturated heterocycles. The van der Waals surface area contributed by atoms with Crippen LogP contribution >= 0.6 is 0 Å². The first-order valence-corrected chi connectivity index (χ1v) is 8.35. The highest BCUT2D eigenvalue weighted by Gasteiger charge is 2.53. The average molecular weight is 350 g/mol. The normalized spacial score (nSPS) is 32.8. The highest BCUT2D eigenvalue weighted by atomic mass is 16.6. The van der Waals surface area contributed by atoms with Crippen LogP contribution < -0.4 is 10.6 Å². The number of ether oxygens (including phenoxy) is 1. The predicted octanol–water partition coefficient (Wildman–Crippen LogP) is -0.990. The van der Waals surface area contributed by atoms with E-state index in [9.17, 15) is 15.3 Å². The van der Waals surface area contributed by atoms with Crippen molar-refractivity contribution < 1.29 is 20.1 Å². The molecule has 0 radical (unpaired) electrons. The first kappa shape index (κ1) is 16.5. The summed E-state index contributed by atoms with van der Waals surface area (Å²) in [4.78, 5) is 15.1. The minimum atomic E-state index is -1.62. The largest absolute Gasteiger partial charge is 0.394 e. The SMILES string of the molecule is CC1(O)C(O)C(CO)OC1n1cnc2c(N3CCCC3)nc(N)nc21. The van der Waals surface area contributed by atoms with Gasteiger partial charge in [-0.25, -0.2) is 4.98 Å². The third kappa shape index (κ3) is 2.44. The summed E-state index contributed by atoms with van der Waals surface area (Å²) in [6, 6.07) is 0. The van der Waals surface area contributed by atoms with Gasteiger partial charge in [-0.05, 0) is 19.8 Å². The molecular weight excluding hydrogens is 328 g/mol. The van der Waals surface area contributed by atoms with E-state index in [0.29, 0.717) is 17.0 Å². The van der Waals surface area contributed by atoms with Gasteiger partial charge >= 0.3 is 0 Å². The highest BCUT2D eigenvalue weighted by Crippen LogP contribution is 2.40. The van der Waals surface area contributed by atoms with Crippen molar-refractivity contribution in [3.63, 3.8) is 0 Å². The third-order valence-corrected chi connectivity index (χ3v) is 5.01. The van der Waals surface area contributed by atoms with Crippen LogP contribution in [-0.2, 0) is 4.74 Å². The minimum absolute atomic E-state index is 0.105. The van der Waals surface area contributed by atoms with Crippen LogP contribution in [0.25, 0.3) is 11.2 Å². The number of aliphatic hydroxyl groups is 3. The van der Waals surface area contributed by atoms with E-state index in [4.69, 9.17) is 10.5 Å². The summed E-state index contributed by atoms with van der Waals surface area (Å²) in [6.07, 6.45) is 0.565. The fourth-order valence-electron chi connectivity index (χ4n) is 3.63. The molecule has 4 rings (SSSR count). The van der Waals surface area contributed by atoms with Gasteiger partial charge in [0.05, 0.1) is 12.9 Å². The van der Waals surface area contributed by atoms with Crippen molar-refractivity contribution in [2.75, 3.05) is 30.3 Å². The van der Waals surface area contributed by atoms with Crippen LogP contribution in [0.2, 0.25) is 0 Å². The molecule has 2 fully saturated rings. The fourth-order valence-corrected chi connectivity index (χ4v) is 3.63. The van der Waals surface area contributed by atoms with Gasteiger partial charge in [0.25, 0.3) is 0 Å². The van der Waals surface area contributed by atoms with E-state index in [-0.39, 0.29) is 5.95 Å². The Bertz CT molecular complexity index is 788. The Hall–Kier alpha value is -2.01. The van der Waals surface area contributed by atoms with E-state index in [1.54, 1.807) is 0 Å². The number of nitrogen functional groups attached to an aromatic ring is 1. The molecule has 2 aromatic rings. The molecule has 4 unspecified atom stereocenters. The van der Waals surface area contributed by atoms with Gasteiger partial charge in [-0.3, -0.25) is 4.57 Å². The molecule has 0 amide bonds. The lowest BCUT2D eigenvalue weighted by Gasteiger charge is -2.27. The summed E-state index contributed by atoms with van der Waals surface area (Å²) in [5.41, 5.74) is 5.26. The summed E-state index contributed by atoms with van der Waals surface area (Å²) in [5.74, 6) is 0.767. The summed E-state index contributed by atoms with van der Waals surface area (Å²) in [5, 5.41) is 30.2. The number of hydrogen-bond acceptors (Lipinski definition) is 9. The van der Waals surface area contributed by atoms with E-state index in [1.165, 1.54) is 17.8 Å². The Kier molecular flexibility index (Phi) is 3.80. The highest BCUT2D eigenvalue weighted by molar-refractivity contribution is 5.85. The van der Waals surface area contributed by atoms with E-state index >= 15 is 0 Å². The minimum Gasteiger partial charge on any atom is -0.394 e. The van der Waals surface area contributed by atoms with Crippen LogP contribution in [0.5, 0.6) is 0 Å². The topological polar surface area (TPSA) is 143 Å². The van der Waals surface area contributed by atoms with Gasteiger partial charge < -0.3 is 30.7 Å². The number of hydrogen-bond donors (Lipinski definition) is 4. The molecule has 0 aliphatic carbocycles. The van der Waals surface area contributed by atoms with Crippen molar-refractivity contribution in [2.24, 2.45) is 0 Å². The third-order valence-electron chi connectivity index (χ3n) is 5.01. The standard InChI is InChI=1S/C15H22N6O4/c1-15(24)10(23)8(6-22)25-13(15)21-7-17-9-11(20-4-2-3-5-20)18-14(16)19-12(9)21/h7-8,10,13,22-24H,2-6H2,1H3,(H2,16,18,19). The van der Waals surface area contributed by atoms with Gasteiger partial charge in [-0.2, -0.15) is 9.97 Å². The summed E-state index contributed by atoms with van der Waals surface area (Å²) in [6.45, 7) is 2.80. The average Bonchev–Trinajstić information content (AvgIpc) is 3.28. The van der Waals surface area contributed by atoms with Gasteiger partial charge in [0, 0.05) is 13.1 Å². The fraction of sp³-hybridized carbons (Fsp3) is 0.667. The van der Waals surface area contributed by atoms with Gasteiger partial charge in [0.1, 0.15) is 17.8 Å². The van der Waals surface area contributed by atoms with Crippen LogP contribution in [0.15, 0.2) is 6.33 Å². The zero-order chi connectivity index (χ0) is 17.8. The van der Waals surface area contributed by atoms with E-state index in [0.717, 1.165) is 25.9 Å². The van der Waals surface area contributed by atoms with Gasteiger partial charge in [-0.1, -0.05) is 0 Å². The van der Waals surface area contributed by atoms with Crippen LogP contribution in [0.4, 0.5) is 11.8 Å². The number of aromatic nitrogens is 4. The molecule has 5 N–H and O–H groups in total. The number of aliphatic hydroxyl groups excluding tert-OH is 2. The quantitative estimate of drug-likeness (QED) is 0.548.